The van der Waals surface area contributed by atoms with Crippen molar-refractivity contribution in [1.82, 2.24) is 0 Å². The van der Waals surface area contributed by atoms with Crippen molar-refractivity contribution in [1.29, 1.82) is 0 Å². The number of aliphatic carboxylic acids is 1. The lowest BCUT2D eigenvalue weighted by molar-refractivity contribution is -0.275. The van der Waals surface area contributed by atoms with Crippen LogP contribution < -0.4 is 0 Å². The maximum Gasteiger partial charge on any atom is 0.317 e. The quantitative estimate of drug-likeness (QED) is 0.155. The SMILES string of the molecule is C=C(C)C(O)CCC(C)(O)C1(O)CCC2(C)C1C(OC(C)=O)CC1C3(C)CCC(OC(=O)CC(=O)O)C(C)(C)C3CCC12C. The Morgan fingerprint density at radius 1 is 0.955 bits per heavy atom. The number of carboxylic acid groups (broad SMARTS) is 1. The molecule has 0 bridgehead atoms. The van der Waals surface area contributed by atoms with Crippen molar-refractivity contribution in [3.63, 3.8) is 0 Å². The second-order valence-corrected chi connectivity index (χ2v) is 16.4. The molecule has 0 aliphatic heterocycles. The van der Waals surface area contributed by atoms with Crippen LogP contribution in [0, 0.1) is 39.4 Å². The Labute approximate surface area is 262 Å². The minimum absolute atomic E-state index is 0.131. The van der Waals surface area contributed by atoms with E-state index in [-0.39, 0.29) is 35.5 Å². The summed E-state index contributed by atoms with van der Waals surface area (Å²) in [6.07, 6.45) is 2.70. The van der Waals surface area contributed by atoms with Crippen LogP contribution in [-0.4, -0.2) is 67.8 Å². The first-order valence-electron chi connectivity index (χ1n) is 16.4. The molecular formula is C35H56O9. The van der Waals surface area contributed by atoms with Gasteiger partial charge in [0.25, 0.3) is 0 Å². The molecule has 4 aliphatic carbocycles. The van der Waals surface area contributed by atoms with E-state index in [1.54, 1.807) is 13.8 Å². The van der Waals surface area contributed by atoms with E-state index in [2.05, 4.69) is 41.2 Å². The largest absolute Gasteiger partial charge is 0.481 e. The van der Waals surface area contributed by atoms with E-state index >= 15 is 0 Å². The summed E-state index contributed by atoms with van der Waals surface area (Å²) in [6.45, 7) is 19.7. The zero-order chi connectivity index (χ0) is 33.3. The number of carbonyl (C=O) groups excluding carboxylic acids is 2. The van der Waals surface area contributed by atoms with Crippen molar-refractivity contribution >= 4 is 17.9 Å². The molecule has 4 rings (SSSR count). The van der Waals surface area contributed by atoms with Crippen LogP contribution in [0.4, 0.5) is 0 Å². The summed E-state index contributed by atoms with van der Waals surface area (Å²) in [5.41, 5.74) is -3.74. The van der Waals surface area contributed by atoms with Gasteiger partial charge in [-0.1, -0.05) is 46.8 Å². The molecule has 0 amide bonds. The summed E-state index contributed by atoms with van der Waals surface area (Å²) in [4.78, 5) is 36.1. The summed E-state index contributed by atoms with van der Waals surface area (Å²) >= 11 is 0. The first kappa shape index (κ1) is 34.9. The Bertz CT molecular complexity index is 1180. The zero-order valence-electron chi connectivity index (χ0n) is 28.1. The van der Waals surface area contributed by atoms with E-state index < -0.39 is 70.6 Å². The average Bonchev–Trinajstić information content (AvgIpc) is 3.19. The van der Waals surface area contributed by atoms with Gasteiger partial charge >= 0.3 is 17.9 Å². The molecule has 4 fully saturated rings. The minimum atomic E-state index is -1.53. The number of carboxylic acids is 1. The monoisotopic (exact) mass is 620 g/mol. The third-order valence-electron chi connectivity index (χ3n) is 13.7. The zero-order valence-corrected chi connectivity index (χ0v) is 28.1. The highest BCUT2D eigenvalue weighted by atomic mass is 16.6. The van der Waals surface area contributed by atoms with Crippen molar-refractivity contribution in [3.8, 4) is 0 Å². The molecule has 0 aromatic rings. The van der Waals surface area contributed by atoms with Crippen molar-refractivity contribution in [2.45, 2.75) is 149 Å². The van der Waals surface area contributed by atoms with Gasteiger partial charge in [-0.15, -0.1) is 0 Å². The topological polar surface area (TPSA) is 151 Å². The second kappa shape index (κ2) is 11.4. The first-order chi connectivity index (χ1) is 20.1. The van der Waals surface area contributed by atoms with E-state index in [0.717, 1.165) is 19.3 Å². The molecule has 0 aromatic carbocycles. The van der Waals surface area contributed by atoms with Gasteiger partial charge in [0.05, 0.1) is 17.3 Å². The third kappa shape index (κ3) is 5.32. The predicted molar refractivity (Wildman–Crippen MR) is 164 cm³/mol. The fraction of sp³-hybridized carbons (Fsp3) is 0.857. The normalized spacial score (nSPS) is 42.9. The van der Waals surface area contributed by atoms with Crippen LogP contribution in [0.5, 0.6) is 0 Å². The number of ether oxygens (including phenoxy) is 2. The molecule has 44 heavy (non-hydrogen) atoms. The molecule has 4 N–H and O–H groups in total. The second-order valence-electron chi connectivity index (χ2n) is 16.4. The summed E-state index contributed by atoms with van der Waals surface area (Å²) in [5, 5.41) is 44.0. The summed E-state index contributed by atoms with van der Waals surface area (Å²) < 4.78 is 11.9. The van der Waals surface area contributed by atoms with Crippen LogP contribution >= 0.6 is 0 Å². The Morgan fingerprint density at radius 3 is 2.16 bits per heavy atom. The molecule has 9 heteroatoms. The van der Waals surface area contributed by atoms with Gasteiger partial charge in [0, 0.05) is 18.3 Å². The van der Waals surface area contributed by atoms with Crippen LogP contribution in [0.2, 0.25) is 0 Å². The Balaban J connectivity index is 1.71. The molecule has 11 unspecified atom stereocenters. The van der Waals surface area contributed by atoms with Gasteiger partial charge in [0.2, 0.25) is 0 Å². The number of esters is 2. The van der Waals surface area contributed by atoms with Gasteiger partial charge < -0.3 is 29.9 Å². The minimum Gasteiger partial charge on any atom is -0.481 e. The number of hydrogen-bond acceptors (Lipinski definition) is 8. The first-order valence-corrected chi connectivity index (χ1v) is 16.4. The van der Waals surface area contributed by atoms with E-state index in [4.69, 9.17) is 14.6 Å². The Kier molecular flexibility index (Phi) is 9.02. The van der Waals surface area contributed by atoms with Gasteiger partial charge in [-0.2, -0.15) is 0 Å². The van der Waals surface area contributed by atoms with Gasteiger partial charge in [0.15, 0.2) is 0 Å². The molecule has 0 saturated heterocycles. The molecule has 250 valence electrons. The van der Waals surface area contributed by atoms with Crippen molar-refractivity contribution in [2.75, 3.05) is 0 Å². The highest BCUT2D eigenvalue weighted by Crippen LogP contribution is 2.76. The van der Waals surface area contributed by atoms with E-state index in [1.165, 1.54) is 6.92 Å². The number of rotatable bonds is 9. The fourth-order valence-electron chi connectivity index (χ4n) is 11.1. The van der Waals surface area contributed by atoms with E-state index in [0.29, 0.717) is 31.3 Å². The summed E-state index contributed by atoms with van der Waals surface area (Å²) in [5.74, 6) is -2.53. The van der Waals surface area contributed by atoms with Crippen LogP contribution in [-0.2, 0) is 23.9 Å². The molecule has 4 saturated carbocycles. The average molecular weight is 621 g/mol. The van der Waals surface area contributed by atoms with Gasteiger partial charge in [0.1, 0.15) is 18.6 Å². The Hall–Kier alpha value is -1.97. The number of aliphatic hydroxyl groups excluding tert-OH is 1. The van der Waals surface area contributed by atoms with E-state index in [9.17, 15) is 29.7 Å². The molecule has 9 nitrogen and oxygen atoms in total. The van der Waals surface area contributed by atoms with Gasteiger partial charge in [-0.3, -0.25) is 14.4 Å². The number of fused-ring (bicyclic) bond motifs is 5. The lowest BCUT2D eigenvalue weighted by Crippen LogP contribution is -2.70. The van der Waals surface area contributed by atoms with Crippen molar-refractivity contribution < 1.29 is 44.3 Å². The number of aliphatic hydroxyl groups is 3. The highest BCUT2D eigenvalue weighted by molar-refractivity contribution is 5.90. The number of hydrogen-bond donors (Lipinski definition) is 4. The number of carbonyl (C=O) groups is 3. The lowest BCUT2D eigenvalue weighted by Gasteiger charge is -2.71. The van der Waals surface area contributed by atoms with Crippen molar-refractivity contribution in [2.24, 2.45) is 39.4 Å². The smallest absolute Gasteiger partial charge is 0.317 e. The summed E-state index contributed by atoms with van der Waals surface area (Å²) in [6, 6.07) is 0. The maximum absolute atomic E-state index is 12.6. The molecule has 4 aliphatic rings. The third-order valence-corrected chi connectivity index (χ3v) is 13.7. The molecule has 0 heterocycles. The fourth-order valence-corrected chi connectivity index (χ4v) is 11.1. The molecule has 11 atom stereocenters. The Morgan fingerprint density at radius 2 is 1.59 bits per heavy atom. The molecule has 0 aromatic heterocycles. The molecule has 0 spiro atoms. The lowest BCUT2D eigenvalue weighted by atomic mass is 9.35. The van der Waals surface area contributed by atoms with Gasteiger partial charge in [-0.05, 0) is 99.7 Å². The van der Waals surface area contributed by atoms with Crippen LogP contribution in [0.3, 0.4) is 0 Å². The standard InChI is InChI=1S/C35H56O9/c1-20(2)22(37)10-15-34(9,41)35(42)17-16-33(8)29(35)23(43-21(3)36)18-25-31(6)13-12-26(44-28(40)19-27(38)39)30(4,5)24(31)11-14-32(25,33)7/h22-26,29,37,41-42H,1,10-19H2,2-9H3,(H,38,39). The highest BCUT2D eigenvalue weighted by Gasteiger charge is 2.75. The van der Waals surface area contributed by atoms with Crippen molar-refractivity contribution in [3.05, 3.63) is 12.2 Å². The molecule has 0 radical (unpaired) electrons. The van der Waals surface area contributed by atoms with Crippen LogP contribution in [0.15, 0.2) is 12.2 Å². The summed E-state index contributed by atoms with van der Waals surface area (Å²) in [7, 11) is 0. The van der Waals surface area contributed by atoms with E-state index in [1.807, 2.05) is 0 Å². The van der Waals surface area contributed by atoms with Crippen LogP contribution in [0.25, 0.3) is 0 Å². The predicted octanol–water partition coefficient (Wildman–Crippen LogP) is 5.18. The maximum atomic E-state index is 12.6. The van der Waals surface area contributed by atoms with Gasteiger partial charge in [-0.25, -0.2) is 0 Å². The molecular weight excluding hydrogens is 564 g/mol. The van der Waals surface area contributed by atoms with Crippen LogP contribution in [0.1, 0.15) is 120 Å².